The molecule has 4 nitrogen and oxygen atoms in total. The van der Waals surface area contributed by atoms with Gasteiger partial charge in [0.25, 0.3) is 0 Å². The number of halogens is 1. The summed E-state index contributed by atoms with van der Waals surface area (Å²) in [5.74, 6) is -0.0349. The second-order valence-electron chi connectivity index (χ2n) is 5.26. The molecule has 5 heteroatoms. The lowest BCUT2D eigenvalue weighted by molar-refractivity contribution is -0.119. The van der Waals surface area contributed by atoms with Gasteiger partial charge in [-0.3, -0.25) is 9.36 Å². The maximum absolute atomic E-state index is 11.2. The summed E-state index contributed by atoms with van der Waals surface area (Å²) in [6.07, 6.45) is 1.82. The number of benzene rings is 2. The number of fused-ring (bicyclic) bond motifs is 1. The Bertz CT molecular complexity index is 841. The SMILES string of the molecule is CC(=O)NC(C)c1ccc2c(c1)ncn2-c1cccc(Br)c1. The average Bonchev–Trinajstić information content (AvgIpc) is 2.89. The second kappa shape index (κ2) is 5.93. The summed E-state index contributed by atoms with van der Waals surface area (Å²) >= 11 is 3.49. The normalized spacial score (nSPS) is 12.3. The third-order valence-electron chi connectivity index (χ3n) is 3.58. The van der Waals surface area contributed by atoms with Gasteiger partial charge in [0.2, 0.25) is 5.91 Å². The Hall–Kier alpha value is -2.14. The largest absolute Gasteiger partial charge is 0.350 e. The zero-order valence-electron chi connectivity index (χ0n) is 12.4. The number of aromatic nitrogens is 2. The number of rotatable bonds is 3. The van der Waals surface area contributed by atoms with Crippen LogP contribution in [0.5, 0.6) is 0 Å². The Kier molecular flexibility index (Phi) is 3.98. The van der Waals surface area contributed by atoms with Crippen molar-refractivity contribution in [3.8, 4) is 5.69 Å². The van der Waals surface area contributed by atoms with E-state index in [4.69, 9.17) is 0 Å². The van der Waals surface area contributed by atoms with Crippen molar-refractivity contribution in [2.45, 2.75) is 19.9 Å². The standard InChI is InChI=1S/C17H16BrN3O/c1-11(20-12(2)22)13-6-7-17-16(8-13)19-10-21(17)15-5-3-4-14(18)9-15/h3-11H,1-2H3,(H,20,22). The molecule has 0 aliphatic heterocycles. The molecular weight excluding hydrogens is 342 g/mol. The molecule has 22 heavy (non-hydrogen) atoms. The molecule has 3 rings (SSSR count). The van der Waals surface area contributed by atoms with E-state index in [1.807, 2.05) is 54.2 Å². The number of nitrogens with zero attached hydrogens (tertiary/aromatic N) is 2. The Morgan fingerprint density at radius 2 is 2.09 bits per heavy atom. The van der Waals surface area contributed by atoms with Gasteiger partial charge < -0.3 is 5.32 Å². The molecule has 0 aliphatic carbocycles. The van der Waals surface area contributed by atoms with E-state index in [0.29, 0.717) is 0 Å². The van der Waals surface area contributed by atoms with Gasteiger partial charge in [-0.1, -0.05) is 28.1 Å². The van der Waals surface area contributed by atoms with Gasteiger partial charge in [0.15, 0.2) is 0 Å². The molecule has 1 heterocycles. The number of hydrogen-bond donors (Lipinski definition) is 1. The molecule has 0 spiro atoms. The van der Waals surface area contributed by atoms with Crippen LogP contribution in [0.2, 0.25) is 0 Å². The van der Waals surface area contributed by atoms with Crippen molar-refractivity contribution >= 4 is 32.9 Å². The number of hydrogen-bond acceptors (Lipinski definition) is 2. The van der Waals surface area contributed by atoms with Gasteiger partial charge in [0.1, 0.15) is 6.33 Å². The molecule has 2 aromatic carbocycles. The van der Waals surface area contributed by atoms with Crippen molar-refractivity contribution in [3.05, 3.63) is 58.8 Å². The first-order valence-electron chi connectivity index (χ1n) is 7.04. The smallest absolute Gasteiger partial charge is 0.217 e. The first-order chi connectivity index (χ1) is 10.5. The lowest BCUT2D eigenvalue weighted by Crippen LogP contribution is -2.23. The highest BCUT2D eigenvalue weighted by Gasteiger charge is 2.10. The van der Waals surface area contributed by atoms with Gasteiger partial charge >= 0.3 is 0 Å². The van der Waals surface area contributed by atoms with Crippen LogP contribution in [0.3, 0.4) is 0 Å². The summed E-state index contributed by atoms with van der Waals surface area (Å²) < 4.78 is 3.08. The van der Waals surface area contributed by atoms with Gasteiger partial charge in [0.05, 0.1) is 17.1 Å². The van der Waals surface area contributed by atoms with Crippen molar-refractivity contribution in [3.63, 3.8) is 0 Å². The van der Waals surface area contributed by atoms with E-state index < -0.39 is 0 Å². The second-order valence-corrected chi connectivity index (χ2v) is 6.18. The Balaban J connectivity index is 2.01. The Morgan fingerprint density at radius 3 is 2.82 bits per heavy atom. The van der Waals surface area contributed by atoms with Gasteiger partial charge in [-0.05, 0) is 42.8 Å². The van der Waals surface area contributed by atoms with Crippen LogP contribution in [-0.4, -0.2) is 15.5 Å². The van der Waals surface area contributed by atoms with E-state index >= 15 is 0 Å². The van der Waals surface area contributed by atoms with Crippen molar-refractivity contribution in [2.75, 3.05) is 0 Å². The van der Waals surface area contributed by atoms with Crippen molar-refractivity contribution < 1.29 is 4.79 Å². The number of amides is 1. The molecule has 0 radical (unpaired) electrons. The third-order valence-corrected chi connectivity index (χ3v) is 4.07. The highest BCUT2D eigenvalue weighted by atomic mass is 79.9. The average molecular weight is 358 g/mol. The quantitative estimate of drug-likeness (QED) is 0.770. The number of imidazole rings is 1. The van der Waals surface area contributed by atoms with Gasteiger partial charge in [-0.2, -0.15) is 0 Å². The van der Waals surface area contributed by atoms with Crippen LogP contribution in [0.4, 0.5) is 0 Å². The van der Waals surface area contributed by atoms with E-state index in [-0.39, 0.29) is 11.9 Å². The molecule has 112 valence electrons. The van der Waals surface area contributed by atoms with E-state index in [1.54, 1.807) is 0 Å². The van der Waals surface area contributed by atoms with Gasteiger partial charge in [-0.25, -0.2) is 4.98 Å². The molecule has 0 aliphatic rings. The first-order valence-corrected chi connectivity index (χ1v) is 7.84. The lowest BCUT2D eigenvalue weighted by Gasteiger charge is -2.13. The molecule has 0 bridgehead atoms. The van der Waals surface area contributed by atoms with Crippen LogP contribution in [0.25, 0.3) is 16.7 Å². The number of carbonyl (C=O) groups excluding carboxylic acids is 1. The van der Waals surface area contributed by atoms with Crippen LogP contribution < -0.4 is 5.32 Å². The summed E-state index contributed by atoms with van der Waals surface area (Å²) in [4.78, 5) is 15.7. The molecule has 0 fully saturated rings. The molecule has 0 saturated heterocycles. The fraction of sp³-hybridized carbons (Fsp3) is 0.176. The molecule has 3 aromatic rings. The lowest BCUT2D eigenvalue weighted by atomic mass is 10.1. The number of nitrogens with one attached hydrogen (secondary N) is 1. The van der Waals surface area contributed by atoms with Crippen LogP contribution >= 0.6 is 15.9 Å². The molecule has 1 amide bonds. The minimum Gasteiger partial charge on any atom is -0.350 e. The number of carbonyl (C=O) groups is 1. The van der Waals surface area contributed by atoms with E-state index in [2.05, 4.69) is 32.3 Å². The Labute approximate surface area is 137 Å². The maximum Gasteiger partial charge on any atom is 0.217 e. The van der Waals surface area contributed by atoms with E-state index in [0.717, 1.165) is 26.8 Å². The minimum atomic E-state index is -0.0349. The van der Waals surface area contributed by atoms with Crippen molar-refractivity contribution in [1.29, 1.82) is 0 Å². The molecule has 1 atom stereocenters. The van der Waals surface area contributed by atoms with Crippen molar-refractivity contribution in [2.24, 2.45) is 0 Å². The highest BCUT2D eigenvalue weighted by Crippen LogP contribution is 2.23. The van der Waals surface area contributed by atoms with Crippen LogP contribution in [0.15, 0.2) is 53.3 Å². The van der Waals surface area contributed by atoms with Crippen LogP contribution in [-0.2, 0) is 4.79 Å². The molecule has 0 saturated carbocycles. The zero-order valence-corrected chi connectivity index (χ0v) is 14.0. The summed E-state index contributed by atoms with van der Waals surface area (Å²) in [5, 5.41) is 2.89. The summed E-state index contributed by atoms with van der Waals surface area (Å²) in [7, 11) is 0. The van der Waals surface area contributed by atoms with Gasteiger partial charge in [0, 0.05) is 17.1 Å². The first kappa shape index (κ1) is 14.8. The summed E-state index contributed by atoms with van der Waals surface area (Å²) in [6.45, 7) is 3.49. The highest BCUT2D eigenvalue weighted by molar-refractivity contribution is 9.10. The van der Waals surface area contributed by atoms with E-state index in [1.165, 1.54) is 6.92 Å². The topological polar surface area (TPSA) is 46.9 Å². The molecule has 1 aromatic heterocycles. The molecule has 1 N–H and O–H groups in total. The van der Waals surface area contributed by atoms with Crippen molar-refractivity contribution in [1.82, 2.24) is 14.9 Å². The predicted molar refractivity (Wildman–Crippen MR) is 91.0 cm³/mol. The van der Waals surface area contributed by atoms with Crippen LogP contribution in [0.1, 0.15) is 25.5 Å². The van der Waals surface area contributed by atoms with E-state index in [9.17, 15) is 4.79 Å². The predicted octanol–water partition coefficient (Wildman–Crippen LogP) is 3.99. The Morgan fingerprint density at radius 1 is 1.27 bits per heavy atom. The van der Waals surface area contributed by atoms with Gasteiger partial charge in [-0.15, -0.1) is 0 Å². The van der Waals surface area contributed by atoms with Crippen LogP contribution in [0, 0.1) is 0 Å². The molecule has 1 unspecified atom stereocenters. The summed E-state index contributed by atoms with van der Waals surface area (Å²) in [5.41, 5.74) is 4.05. The summed E-state index contributed by atoms with van der Waals surface area (Å²) in [6, 6.07) is 14.1. The fourth-order valence-corrected chi connectivity index (χ4v) is 2.91. The molecular formula is C17H16BrN3O. The monoisotopic (exact) mass is 357 g/mol. The minimum absolute atomic E-state index is 0.0297. The maximum atomic E-state index is 11.2. The fourth-order valence-electron chi connectivity index (χ4n) is 2.52. The third kappa shape index (κ3) is 2.90. The zero-order chi connectivity index (χ0) is 15.7.